The SMILES string of the molecule is C1=Cc2ccc(-c3ccc4c(c3)c3cccnc3n4-c3ccccn3)cc2C2(c3ccccc31)c1ccccc1-c1cc3c(cc12)sc1ccccc13. The van der Waals surface area contributed by atoms with E-state index in [2.05, 4.69) is 144 Å². The number of rotatable bonds is 2. The van der Waals surface area contributed by atoms with Gasteiger partial charge in [-0.3, -0.25) is 4.57 Å². The Morgan fingerprint density at radius 2 is 1.21 bits per heavy atom. The Labute approximate surface area is 309 Å². The van der Waals surface area contributed by atoms with E-state index in [4.69, 9.17) is 9.97 Å². The molecule has 0 radical (unpaired) electrons. The molecule has 1 unspecified atom stereocenters. The average molecular weight is 692 g/mol. The molecule has 0 amide bonds. The van der Waals surface area contributed by atoms with Gasteiger partial charge in [0.25, 0.3) is 0 Å². The van der Waals surface area contributed by atoms with Gasteiger partial charge in [0.15, 0.2) is 0 Å². The van der Waals surface area contributed by atoms with Crippen molar-refractivity contribution in [1.82, 2.24) is 14.5 Å². The fourth-order valence-electron chi connectivity index (χ4n) is 9.33. The van der Waals surface area contributed by atoms with Gasteiger partial charge in [-0.05, 0) is 116 Å². The van der Waals surface area contributed by atoms with E-state index in [1.54, 1.807) is 0 Å². The largest absolute Gasteiger partial charge is 0.278 e. The number of thiophene rings is 1. The maximum absolute atomic E-state index is 4.83. The smallest absolute Gasteiger partial charge is 0.146 e. The first-order valence-electron chi connectivity index (χ1n) is 18.1. The van der Waals surface area contributed by atoms with E-state index < -0.39 is 5.41 Å². The van der Waals surface area contributed by atoms with Gasteiger partial charge in [-0.1, -0.05) is 103 Å². The molecule has 0 N–H and O–H groups in total. The molecule has 0 bridgehead atoms. The lowest BCUT2D eigenvalue weighted by Gasteiger charge is -2.35. The number of aromatic nitrogens is 3. The first-order chi connectivity index (χ1) is 26.3. The molecule has 2 aliphatic carbocycles. The lowest BCUT2D eigenvalue weighted by atomic mass is 9.65. The maximum Gasteiger partial charge on any atom is 0.146 e. The van der Waals surface area contributed by atoms with E-state index >= 15 is 0 Å². The molecule has 12 rings (SSSR count). The van der Waals surface area contributed by atoms with Crippen LogP contribution in [0.15, 0.2) is 164 Å². The summed E-state index contributed by atoms with van der Waals surface area (Å²) in [6, 6.07) is 56.1. The Bertz CT molecular complexity index is 3180. The predicted octanol–water partition coefficient (Wildman–Crippen LogP) is 12.5. The Kier molecular flexibility index (Phi) is 5.86. The van der Waals surface area contributed by atoms with Crippen LogP contribution < -0.4 is 0 Å². The second kappa shape index (κ2) is 10.7. The van der Waals surface area contributed by atoms with Crippen LogP contribution in [0.4, 0.5) is 0 Å². The zero-order valence-electron chi connectivity index (χ0n) is 28.5. The number of fused-ring (bicyclic) bond motifs is 15. The van der Waals surface area contributed by atoms with Crippen molar-refractivity contribution in [1.29, 1.82) is 0 Å². The third-order valence-electron chi connectivity index (χ3n) is 11.5. The van der Waals surface area contributed by atoms with Crippen LogP contribution in [0.3, 0.4) is 0 Å². The molecule has 0 aliphatic heterocycles. The molecule has 4 heterocycles. The van der Waals surface area contributed by atoms with E-state index in [0.29, 0.717) is 0 Å². The zero-order chi connectivity index (χ0) is 34.7. The van der Waals surface area contributed by atoms with Gasteiger partial charge in [0.05, 0.1) is 10.9 Å². The summed E-state index contributed by atoms with van der Waals surface area (Å²) in [5.74, 6) is 0.864. The van der Waals surface area contributed by atoms with Crippen LogP contribution in [0.25, 0.3) is 82.3 Å². The van der Waals surface area contributed by atoms with Gasteiger partial charge in [-0.25, -0.2) is 9.97 Å². The molecule has 4 heteroatoms. The Hall–Kier alpha value is -6.62. The minimum absolute atomic E-state index is 0.509. The van der Waals surface area contributed by atoms with Crippen LogP contribution in [0.1, 0.15) is 33.4 Å². The average Bonchev–Trinajstić information content (AvgIpc) is 3.81. The van der Waals surface area contributed by atoms with Crippen LogP contribution in [-0.2, 0) is 5.41 Å². The van der Waals surface area contributed by atoms with Crippen molar-refractivity contribution >= 4 is 65.6 Å². The molecule has 0 saturated carbocycles. The summed E-state index contributed by atoms with van der Waals surface area (Å²) in [6.45, 7) is 0. The third-order valence-corrected chi connectivity index (χ3v) is 12.7. The minimum atomic E-state index is -0.509. The van der Waals surface area contributed by atoms with Gasteiger partial charge < -0.3 is 0 Å². The highest BCUT2D eigenvalue weighted by atomic mass is 32.1. The van der Waals surface area contributed by atoms with Gasteiger partial charge in [0, 0.05) is 43.3 Å². The number of nitrogens with zero attached hydrogens (tertiary/aromatic N) is 3. The quantitative estimate of drug-likeness (QED) is 0.181. The number of pyridine rings is 2. The summed E-state index contributed by atoms with van der Waals surface area (Å²) < 4.78 is 4.82. The molecule has 10 aromatic rings. The van der Waals surface area contributed by atoms with Crippen LogP contribution in [0, 0.1) is 0 Å². The number of benzene rings is 6. The van der Waals surface area contributed by atoms with Crippen LogP contribution in [-0.4, -0.2) is 14.5 Å². The normalized spacial score (nSPS) is 15.5. The molecule has 4 aromatic heterocycles. The van der Waals surface area contributed by atoms with E-state index in [-0.39, 0.29) is 0 Å². The lowest BCUT2D eigenvalue weighted by Crippen LogP contribution is -2.30. The molecule has 2 aliphatic rings. The van der Waals surface area contributed by atoms with Gasteiger partial charge in [0.2, 0.25) is 0 Å². The molecule has 1 atom stereocenters. The van der Waals surface area contributed by atoms with E-state index in [1.807, 2.05) is 48.0 Å². The minimum Gasteiger partial charge on any atom is -0.278 e. The lowest BCUT2D eigenvalue weighted by molar-refractivity contribution is 0.768. The van der Waals surface area contributed by atoms with E-state index in [0.717, 1.165) is 27.8 Å². The second-order valence-corrected chi connectivity index (χ2v) is 15.2. The van der Waals surface area contributed by atoms with Crippen molar-refractivity contribution < 1.29 is 0 Å². The van der Waals surface area contributed by atoms with Crippen LogP contribution >= 0.6 is 11.3 Å². The summed E-state index contributed by atoms with van der Waals surface area (Å²) in [7, 11) is 0. The first kappa shape index (κ1) is 29.0. The van der Waals surface area contributed by atoms with Crippen molar-refractivity contribution in [3.05, 3.63) is 197 Å². The van der Waals surface area contributed by atoms with Gasteiger partial charge in [-0.15, -0.1) is 11.3 Å². The monoisotopic (exact) mass is 691 g/mol. The molecular formula is C49H29N3S. The van der Waals surface area contributed by atoms with Crippen molar-refractivity contribution in [2.75, 3.05) is 0 Å². The molecule has 0 saturated heterocycles. The zero-order valence-corrected chi connectivity index (χ0v) is 29.3. The summed E-state index contributed by atoms with van der Waals surface area (Å²) in [4.78, 5) is 9.53. The third kappa shape index (κ3) is 3.88. The summed E-state index contributed by atoms with van der Waals surface area (Å²) in [5.41, 5.74) is 14.3. The van der Waals surface area contributed by atoms with Crippen molar-refractivity contribution in [2.45, 2.75) is 5.41 Å². The van der Waals surface area contributed by atoms with Gasteiger partial charge in [0.1, 0.15) is 11.5 Å². The highest BCUT2D eigenvalue weighted by Gasteiger charge is 2.48. The van der Waals surface area contributed by atoms with Crippen molar-refractivity contribution in [3.8, 4) is 28.1 Å². The number of hydrogen-bond donors (Lipinski definition) is 0. The van der Waals surface area contributed by atoms with Gasteiger partial charge >= 0.3 is 0 Å². The topological polar surface area (TPSA) is 30.7 Å². The molecule has 246 valence electrons. The fourth-order valence-corrected chi connectivity index (χ4v) is 10.5. The Morgan fingerprint density at radius 3 is 2.13 bits per heavy atom. The molecule has 53 heavy (non-hydrogen) atoms. The van der Waals surface area contributed by atoms with E-state index in [9.17, 15) is 0 Å². The van der Waals surface area contributed by atoms with Crippen LogP contribution in [0.5, 0.6) is 0 Å². The maximum atomic E-state index is 4.83. The number of hydrogen-bond acceptors (Lipinski definition) is 3. The molecule has 6 aromatic carbocycles. The Balaban J connectivity index is 1.15. The standard InChI is InChI=1S/C49H29N3S/c1-4-14-40-30(10-1)18-19-31-20-21-33(32-22-23-44-38(26-32)36-13-9-25-51-48(36)52(44)47-17-7-8-24-50-47)27-42(31)49(40)41-15-5-2-11-34(41)37-28-39-35-12-3-6-16-45(35)53-46(39)29-43(37)49/h1-29H. The van der Waals surface area contributed by atoms with Gasteiger partial charge in [-0.2, -0.15) is 0 Å². The van der Waals surface area contributed by atoms with Crippen LogP contribution in [0.2, 0.25) is 0 Å². The molecule has 1 spiro atoms. The Morgan fingerprint density at radius 1 is 0.453 bits per heavy atom. The highest BCUT2D eigenvalue weighted by molar-refractivity contribution is 7.25. The van der Waals surface area contributed by atoms with E-state index in [1.165, 1.54) is 75.8 Å². The predicted molar refractivity (Wildman–Crippen MR) is 221 cm³/mol. The fraction of sp³-hybridized carbons (Fsp3) is 0.0204. The first-order valence-corrected chi connectivity index (χ1v) is 18.9. The highest BCUT2D eigenvalue weighted by Crippen LogP contribution is 2.60. The molecule has 3 nitrogen and oxygen atoms in total. The molecular weight excluding hydrogens is 663 g/mol. The van der Waals surface area contributed by atoms with Crippen molar-refractivity contribution in [3.63, 3.8) is 0 Å². The van der Waals surface area contributed by atoms with Crippen molar-refractivity contribution in [2.24, 2.45) is 0 Å². The summed E-state index contributed by atoms with van der Waals surface area (Å²) in [5, 5.41) is 4.94. The summed E-state index contributed by atoms with van der Waals surface area (Å²) in [6.07, 6.45) is 8.34. The second-order valence-electron chi connectivity index (χ2n) is 14.1. The molecule has 0 fully saturated rings. The summed E-state index contributed by atoms with van der Waals surface area (Å²) >= 11 is 1.90.